The molecule has 0 aliphatic carbocycles. The normalized spacial score (nSPS) is 10.4. The van der Waals surface area contributed by atoms with Gasteiger partial charge in [0.1, 0.15) is 5.75 Å². The van der Waals surface area contributed by atoms with Gasteiger partial charge in [-0.1, -0.05) is 25.5 Å². The maximum atomic E-state index is 5.65. The van der Waals surface area contributed by atoms with E-state index in [1.54, 1.807) is 12.4 Å². The first-order chi connectivity index (χ1) is 9.31. The highest BCUT2D eigenvalue weighted by atomic mass is 16.5. The van der Waals surface area contributed by atoms with Crippen LogP contribution in [0.4, 0.5) is 0 Å². The minimum Gasteiger partial charge on any atom is -0.437 e. The summed E-state index contributed by atoms with van der Waals surface area (Å²) in [6, 6.07) is 8.10. The van der Waals surface area contributed by atoms with Crippen LogP contribution in [0.25, 0.3) is 0 Å². The largest absolute Gasteiger partial charge is 0.437 e. The number of aryl methyl sites for hydroxylation is 1. The Kier molecular flexibility index (Phi) is 4.86. The van der Waals surface area contributed by atoms with Crippen LogP contribution in [0.1, 0.15) is 31.0 Å². The molecule has 0 amide bonds. The van der Waals surface area contributed by atoms with Gasteiger partial charge in [0.2, 0.25) is 5.88 Å². The van der Waals surface area contributed by atoms with Crippen molar-refractivity contribution in [3.63, 3.8) is 0 Å². The summed E-state index contributed by atoms with van der Waals surface area (Å²) in [5.74, 6) is 1.24. The van der Waals surface area contributed by atoms with Crippen LogP contribution < -0.4 is 10.5 Å². The van der Waals surface area contributed by atoms with Gasteiger partial charge in [0.05, 0.1) is 11.9 Å². The quantitative estimate of drug-likeness (QED) is 0.864. The molecule has 1 aromatic heterocycles. The minimum absolute atomic E-state index is 0.361. The smallest absolute Gasteiger partial charge is 0.238 e. The van der Waals surface area contributed by atoms with Crippen molar-refractivity contribution in [1.82, 2.24) is 9.97 Å². The van der Waals surface area contributed by atoms with Crippen LogP contribution in [0.5, 0.6) is 11.6 Å². The molecule has 2 N–H and O–H groups in total. The molecule has 1 aromatic carbocycles. The molecule has 0 bridgehead atoms. The fraction of sp³-hybridized carbons (Fsp3) is 0.333. The Morgan fingerprint density at radius 3 is 2.63 bits per heavy atom. The van der Waals surface area contributed by atoms with E-state index in [-0.39, 0.29) is 0 Å². The van der Waals surface area contributed by atoms with Gasteiger partial charge in [-0.2, -0.15) is 0 Å². The van der Waals surface area contributed by atoms with Gasteiger partial charge in [-0.25, -0.2) is 4.98 Å². The summed E-state index contributed by atoms with van der Waals surface area (Å²) in [6.07, 6.45) is 6.76. The molecule has 0 fully saturated rings. The molecule has 1 heterocycles. The highest BCUT2D eigenvalue weighted by molar-refractivity contribution is 5.30. The molecular weight excluding hydrogens is 238 g/mol. The zero-order valence-corrected chi connectivity index (χ0v) is 11.2. The van der Waals surface area contributed by atoms with Crippen LogP contribution in [-0.2, 0) is 13.0 Å². The summed E-state index contributed by atoms with van der Waals surface area (Å²) in [6.45, 7) is 2.56. The Morgan fingerprint density at radius 2 is 1.95 bits per heavy atom. The van der Waals surface area contributed by atoms with E-state index in [4.69, 9.17) is 10.5 Å². The van der Waals surface area contributed by atoms with Gasteiger partial charge in [-0.05, 0) is 30.5 Å². The third kappa shape index (κ3) is 4.03. The summed E-state index contributed by atoms with van der Waals surface area (Å²) >= 11 is 0. The van der Waals surface area contributed by atoms with Crippen LogP contribution in [-0.4, -0.2) is 9.97 Å². The van der Waals surface area contributed by atoms with Crippen LogP contribution in [0, 0.1) is 0 Å². The number of hydrogen-bond acceptors (Lipinski definition) is 4. The molecule has 19 heavy (non-hydrogen) atoms. The lowest BCUT2D eigenvalue weighted by Gasteiger charge is -2.06. The minimum atomic E-state index is 0.361. The van der Waals surface area contributed by atoms with Crippen molar-refractivity contribution in [2.24, 2.45) is 5.73 Å². The van der Waals surface area contributed by atoms with Crippen molar-refractivity contribution >= 4 is 0 Å². The average molecular weight is 257 g/mol. The Bertz CT molecular complexity index is 511. The summed E-state index contributed by atoms with van der Waals surface area (Å²) in [7, 11) is 0. The van der Waals surface area contributed by atoms with E-state index in [0.717, 1.165) is 17.9 Å². The molecule has 4 heteroatoms. The number of benzene rings is 1. The Balaban J connectivity index is 2.02. The molecule has 0 aliphatic rings. The average Bonchev–Trinajstić information content (AvgIpc) is 2.47. The van der Waals surface area contributed by atoms with Crippen LogP contribution in [0.15, 0.2) is 36.7 Å². The lowest BCUT2D eigenvalue weighted by atomic mass is 10.1. The topological polar surface area (TPSA) is 61.0 Å². The van der Waals surface area contributed by atoms with E-state index in [1.165, 1.54) is 18.4 Å². The predicted octanol–water partition coefficient (Wildman–Crippen LogP) is 3.07. The van der Waals surface area contributed by atoms with E-state index < -0.39 is 0 Å². The molecular formula is C15H19N3O. The predicted molar refractivity (Wildman–Crippen MR) is 75.1 cm³/mol. The third-order valence-corrected chi connectivity index (χ3v) is 2.84. The second-order valence-electron chi connectivity index (χ2n) is 4.40. The van der Waals surface area contributed by atoms with Gasteiger partial charge in [-0.3, -0.25) is 4.98 Å². The molecule has 100 valence electrons. The third-order valence-electron chi connectivity index (χ3n) is 2.84. The molecule has 0 radical (unpaired) electrons. The second kappa shape index (κ2) is 6.85. The SMILES string of the molecule is CCCCc1ccc(Oc2cncc(CN)n2)cc1. The lowest BCUT2D eigenvalue weighted by molar-refractivity contribution is 0.457. The monoisotopic (exact) mass is 257 g/mol. The van der Waals surface area contributed by atoms with Crippen molar-refractivity contribution in [1.29, 1.82) is 0 Å². The van der Waals surface area contributed by atoms with Gasteiger partial charge in [-0.15, -0.1) is 0 Å². The Labute approximate surface area is 113 Å². The van der Waals surface area contributed by atoms with Gasteiger partial charge in [0, 0.05) is 12.7 Å². The second-order valence-corrected chi connectivity index (χ2v) is 4.40. The first-order valence-corrected chi connectivity index (χ1v) is 6.59. The van der Waals surface area contributed by atoms with Crippen molar-refractivity contribution in [2.75, 3.05) is 0 Å². The molecule has 4 nitrogen and oxygen atoms in total. The van der Waals surface area contributed by atoms with Gasteiger partial charge in [0.25, 0.3) is 0 Å². The number of hydrogen-bond donors (Lipinski definition) is 1. The molecule has 0 spiro atoms. The zero-order chi connectivity index (χ0) is 13.5. The van der Waals surface area contributed by atoms with Crippen molar-refractivity contribution < 1.29 is 4.74 Å². The number of unbranched alkanes of at least 4 members (excludes halogenated alkanes) is 1. The number of nitrogens with zero attached hydrogens (tertiary/aromatic N) is 2. The fourth-order valence-electron chi connectivity index (χ4n) is 1.76. The highest BCUT2D eigenvalue weighted by Gasteiger charge is 2.01. The van der Waals surface area contributed by atoms with E-state index in [2.05, 4.69) is 29.0 Å². The number of nitrogens with two attached hydrogens (primary N) is 1. The highest BCUT2D eigenvalue weighted by Crippen LogP contribution is 2.19. The van der Waals surface area contributed by atoms with Crippen LogP contribution in [0.3, 0.4) is 0 Å². The maximum absolute atomic E-state index is 5.65. The number of aromatic nitrogens is 2. The molecule has 2 rings (SSSR count). The number of ether oxygens (including phenoxy) is 1. The van der Waals surface area contributed by atoms with Crippen molar-refractivity contribution in [3.8, 4) is 11.6 Å². The van der Waals surface area contributed by atoms with Gasteiger partial charge in [0.15, 0.2) is 0 Å². The summed E-state index contributed by atoms with van der Waals surface area (Å²) in [5.41, 5.74) is 7.57. The van der Waals surface area contributed by atoms with Crippen molar-refractivity contribution in [3.05, 3.63) is 47.9 Å². The molecule has 0 aliphatic heterocycles. The molecule has 0 atom stereocenters. The van der Waals surface area contributed by atoms with E-state index in [0.29, 0.717) is 12.4 Å². The first-order valence-electron chi connectivity index (χ1n) is 6.59. The Morgan fingerprint density at radius 1 is 1.16 bits per heavy atom. The fourth-order valence-corrected chi connectivity index (χ4v) is 1.76. The molecule has 0 unspecified atom stereocenters. The first kappa shape index (κ1) is 13.5. The van der Waals surface area contributed by atoms with E-state index >= 15 is 0 Å². The lowest BCUT2D eigenvalue weighted by Crippen LogP contribution is -2.01. The zero-order valence-electron chi connectivity index (χ0n) is 11.2. The summed E-state index contributed by atoms with van der Waals surface area (Å²) < 4.78 is 5.65. The summed E-state index contributed by atoms with van der Waals surface area (Å²) in [5, 5.41) is 0. The maximum Gasteiger partial charge on any atom is 0.238 e. The van der Waals surface area contributed by atoms with Gasteiger partial charge < -0.3 is 10.5 Å². The van der Waals surface area contributed by atoms with Gasteiger partial charge >= 0.3 is 0 Å². The summed E-state index contributed by atoms with van der Waals surface area (Å²) in [4.78, 5) is 8.29. The van der Waals surface area contributed by atoms with Crippen LogP contribution >= 0.6 is 0 Å². The molecule has 2 aromatic rings. The Hall–Kier alpha value is -1.94. The van der Waals surface area contributed by atoms with Crippen LogP contribution in [0.2, 0.25) is 0 Å². The molecule has 0 saturated heterocycles. The number of rotatable bonds is 6. The van der Waals surface area contributed by atoms with Crippen molar-refractivity contribution in [2.45, 2.75) is 32.7 Å². The molecule has 0 saturated carbocycles. The standard InChI is InChI=1S/C15H19N3O/c1-2-3-4-12-5-7-14(8-6-12)19-15-11-17-10-13(9-16)18-15/h5-8,10-11H,2-4,9,16H2,1H3. The van der Waals surface area contributed by atoms with E-state index in [9.17, 15) is 0 Å². The van der Waals surface area contributed by atoms with E-state index in [1.807, 2.05) is 12.1 Å².